The molecule has 0 bridgehead atoms. The topological polar surface area (TPSA) is 117 Å². The normalized spacial score (nSPS) is 11.0. The Labute approximate surface area is 172 Å². The van der Waals surface area contributed by atoms with Crippen LogP contribution >= 0.6 is 11.3 Å². The van der Waals surface area contributed by atoms with E-state index >= 15 is 0 Å². The summed E-state index contributed by atoms with van der Waals surface area (Å²) in [4.78, 5) is 29.0. The highest BCUT2D eigenvalue weighted by Crippen LogP contribution is 2.12. The summed E-state index contributed by atoms with van der Waals surface area (Å²) in [5, 5.41) is 1.94. The van der Waals surface area contributed by atoms with Crippen LogP contribution < -0.4 is 15.6 Å². The molecule has 0 aliphatic heterocycles. The summed E-state index contributed by atoms with van der Waals surface area (Å²) < 4.78 is 27.2. The SMILES string of the molecule is O=C(NNC(=O)c1cccnc1)c1ccc(S(=O)(=O)NCCc2cccs2)cc1. The largest absolute Gasteiger partial charge is 0.271 e. The number of nitrogens with one attached hydrogen (secondary N) is 3. The Kier molecular flexibility index (Phi) is 6.70. The van der Waals surface area contributed by atoms with Crippen LogP contribution in [0.25, 0.3) is 0 Å². The molecule has 3 aromatic rings. The van der Waals surface area contributed by atoms with Crippen molar-refractivity contribution >= 4 is 33.2 Å². The van der Waals surface area contributed by atoms with Crippen LogP contribution in [-0.4, -0.2) is 31.8 Å². The molecule has 0 atom stereocenters. The third-order valence-corrected chi connectivity index (χ3v) is 6.30. The molecule has 1 aromatic carbocycles. The predicted octanol–water partition coefficient (Wildman–Crippen LogP) is 1.74. The molecule has 0 saturated heterocycles. The second-order valence-electron chi connectivity index (χ2n) is 5.90. The zero-order chi connectivity index (χ0) is 20.7. The number of hydrogen-bond donors (Lipinski definition) is 3. The summed E-state index contributed by atoms with van der Waals surface area (Å²) in [6.45, 7) is 0.283. The van der Waals surface area contributed by atoms with Crippen LogP contribution in [0.3, 0.4) is 0 Å². The third-order valence-electron chi connectivity index (χ3n) is 3.88. The number of benzene rings is 1. The molecule has 150 valence electrons. The van der Waals surface area contributed by atoms with Gasteiger partial charge < -0.3 is 0 Å². The van der Waals surface area contributed by atoms with Gasteiger partial charge in [0, 0.05) is 29.4 Å². The summed E-state index contributed by atoms with van der Waals surface area (Å²) >= 11 is 1.57. The minimum Gasteiger partial charge on any atom is -0.267 e. The second-order valence-corrected chi connectivity index (χ2v) is 8.70. The molecule has 3 N–H and O–H groups in total. The first-order valence-electron chi connectivity index (χ1n) is 8.58. The molecule has 2 aromatic heterocycles. The highest BCUT2D eigenvalue weighted by molar-refractivity contribution is 7.89. The van der Waals surface area contributed by atoms with Crippen molar-refractivity contribution in [2.75, 3.05) is 6.54 Å². The van der Waals surface area contributed by atoms with E-state index in [9.17, 15) is 18.0 Å². The van der Waals surface area contributed by atoms with Gasteiger partial charge in [0.25, 0.3) is 11.8 Å². The summed E-state index contributed by atoms with van der Waals surface area (Å²) in [7, 11) is -3.67. The van der Waals surface area contributed by atoms with E-state index in [1.807, 2.05) is 17.5 Å². The van der Waals surface area contributed by atoms with Crippen LogP contribution in [0.4, 0.5) is 0 Å². The summed E-state index contributed by atoms with van der Waals surface area (Å²) in [5.41, 5.74) is 5.05. The maximum absolute atomic E-state index is 12.3. The molecule has 2 heterocycles. The fraction of sp³-hybridized carbons (Fsp3) is 0.105. The molecule has 0 unspecified atom stereocenters. The summed E-state index contributed by atoms with van der Waals surface area (Å²) in [6.07, 6.45) is 3.50. The number of nitrogens with zero attached hydrogens (tertiary/aromatic N) is 1. The van der Waals surface area contributed by atoms with Crippen molar-refractivity contribution in [2.24, 2.45) is 0 Å². The van der Waals surface area contributed by atoms with Crippen molar-refractivity contribution in [3.63, 3.8) is 0 Å². The zero-order valence-electron chi connectivity index (χ0n) is 15.2. The lowest BCUT2D eigenvalue weighted by Crippen LogP contribution is -2.41. The van der Waals surface area contributed by atoms with Gasteiger partial charge in [-0.05, 0) is 54.3 Å². The monoisotopic (exact) mass is 430 g/mol. The number of amides is 2. The quantitative estimate of drug-likeness (QED) is 0.494. The Hall–Kier alpha value is -3.08. The third kappa shape index (κ3) is 5.70. The summed E-state index contributed by atoms with van der Waals surface area (Å²) in [6, 6.07) is 12.4. The Balaban J connectivity index is 1.54. The number of hydrazine groups is 1. The molecule has 0 aliphatic carbocycles. The maximum atomic E-state index is 12.3. The minimum atomic E-state index is -3.67. The standard InChI is InChI=1S/C19H18N4O4S2/c24-18(22-23-19(25)15-3-1-10-20-13-15)14-5-7-17(8-6-14)29(26,27)21-11-9-16-4-2-12-28-16/h1-8,10,12-13,21H,9,11H2,(H,22,24)(H,23,25). The molecule has 3 rings (SSSR count). The first kappa shape index (κ1) is 20.6. The molecular formula is C19H18N4O4S2. The molecule has 10 heteroatoms. The van der Waals surface area contributed by atoms with Crippen LogP contribution in [0.15, 0.2) is 71.2 Å². The summed E-state index contributed by atoms with van der Waals surface area (Å²) in [5.74, 6) is -1.09. The fourth-order valence-electron chi connectivity index (χ4n) is 2.39. The molecule has 0 radical (unpaired) electrons. The molecule has 2 amide bonds. The number of pyridine rings is 1. The number of carbonyl (C=O) groups excluding carboxylic acids is 2. The number of rotatable bonds is 7. The second kappa shape index (κ2) is 9.41. The van der Waals surface area contributed by atoms with Gasteiger partial charge >= 0.3 is 0 Å². The van der Waals surface area contributed by atoms with E-state index in [0.717, 1.165) is 4.88 Å². The zero-order valence-corrected chi connectivity index (χ0v) is 16.8. The van der Waals surface area contributed by atoms with Crippen LogP contribution in [0.1, 0.15) is 25.6 Å². The molecule has 29 heavy (non-hydrogen) atoms. The van der Waals surface area contributed by atoms with E-state index in [0.29, 0.717) is 12.0 Å². The highest BCUT2D eigenvalue weighted by Gasteiger charge is 2.15. The molecule has 0 aliphatic rings. The Bertz CT molecular complexity index is 1070. The van der Waals surface area contributed by atoms with Gasteiger partial charge in [0.2, 0.25) is 10.0 Å². The number of sulfonamides is 1. The number of thiophene rings is 1. The van der Waals surface area contributed by atoms with Gasteiger partial charge in [-0.1, -0.05) is 6.07 Å². The Morgan fingerprint density at radius 3 is 2.28 bits per heavy atom. The van der Waals surface area contributed by atoms with Crippen LogP contribution in [0.5, 0.6) is 0 Å². The van der Waals surface area contributed by atoms with E-state index in [4.69, 9.17) is 0 Å². The van der Waals surface area contributed by atoms with Crippen LogP contribution in [-0.2, 0) is 16.4 Å². The van der Waals surface area contributed by atoms with Crippen LogP contribution in [0, 0.1) is 0 Å². The first-order chi connectivity index (χ1) is 14.0. The molecule has 0 saturated carbocycles. The smallest absolute Gasteiger partial charge is 0.267 e. The van der Waals surface area contributed by atoms with Crippen molar-refractivity contribution in [1.82, 2.24) is 20.6 Å². The van der Waals surface area contributed by atoms with E-state index in [1.54, 1.807) is 23.5 Å². The van der Waals surface area contributed by atoms with Gasteiger partial charge in [-0.2, -0.15) is 0 Å². The van der Waals surface area contributed by atoms with Gasteiger partial charge in [-0.3, -0.25) is 25.4 Å². The highest BCUT2D eigenvalue weighted by atomic mass is 32.2. The first-order valence-corrected chi connectivity index (χ1v) is 10.9. The Morgan fingerprint density at radius 1 is 0.931 bits per heavy atom. The van der Waals surface area contributed by atoms with Gasteiger partial charge in [0.1, 0.15) is 0 Å². The van der Waals surface area contributed by atoms with Crippen molar-refractivity contribution in [3.8, 4) is 0 Å². The van der Waals surface area contributed by atoms with Gasteiger partial charge in [-0.25, -0.2) is 13.1 Å². The molecule has 0 fully saturated rings. The fourth-order valence-corrected chi connectivity index (χ4v) is 4.13. The minimum absolute atomic E-state index is 0.0552. The van der Waals surface area contributed by atoms with E-state index in [2.05, 4.69) is 20.6 Å². The van der Waals surface area contributed by atoms with Crippen LogP contribution in [0.2, 0.25) is 0 Å². The molecule has 8 nitrogen and oxygen atoms in total. The lowest BCUT2D eigenvalue weighted by atomic mass is 10.2. The molecular weight excluding hydrogens is 412 g/mol. The molecule has 0 spiro atoms. The van der Waals surface area contributed by atoms with Crippen molar-refractivity contribution < 1.29 is 18.0 Å². The van der Waals surface area contributed by atoms with Crippen molar-refractivity contribution in [3.05, 3.63) is 82.3 Å². The number of aromatic nitrogens is 1. The van der Waals surface area contributed by atoms with E-state index < -0.39 is 21.8 Å². The lowest BCUT2D eigenvalue weighted by molar-refractivity contribution is 0.0846. The van der Waals surface area contributed by atoms with E-state index in [1.165, 1.54) is 36.7 Å². The van der Waals surface area contributed by atoms with Gasteiger partial charge in [0.15, 0.2) is 0 Å². The van der Waals surface area contributed by atoms with Crippen molar-refractivity contribution in [1.29, 1.82) is 0 Å². The van der Waals surface area contributed by atoms with Gasteiger partial charge in [0.05, 0.1) is 10.5 Å². The number of hydrogen-bond acceptors (Lipinski definition) is 6. The maximum Gasteiger partial charge on any atom is 0.271 e. The van der Waals surface area contributed by atoms with E-state index in [-0.39, 0.29) is 17.0 Å². The lowest BCUT2D eigenvalue weighted by Gasteiger charge is -2.09. The van der Waals surface area contributed by atoms with Crippen molar-refractivity contribution in [2.45, 2.75) is 11.3 Å². The average molecular weight is 431 g/mol. The predicted molar refractivity (Wildman–Crippen MR) is 109 cm³/mol. The Morgan fingerprint density at radius 2 is 1.66 bits per heavy atom. The van der Waals surface area contributed by atoms with Gasteiger partial charge in [-0.15, -0.1) is 11.3 Å². The average Bonchev–Trinajstić information content (AvgIpc) is 3.26. The number of carbonyl (C=O) groups is 2.